The Morgan fingerprint density at radius 3 is 2.59 bits per heavy atom. The Labute approximate surface area is 134 Å². The summed E-state index contributed by atoms with van der Waals surface area (Å²) in [7, 11) is 0. The number of benzene rings is 2. The summed E-state index contributed by atoms with van der Waals surface area (Å²) in [6.07, 6.45) is 3.79. The molecule has 0 unspecified atom stereocenters. The lowest BCUT2D eigenvalue weighted by molar-refractivity contribution is -0.124. The molecule has 2 aromatic rings. The van der Waals surface area contributed by atoms with Crippen LogP contribution in [0.1, 0.15) is 11.1 Å². The Morgan fingerprint density at radius 1 is 1.14 bits per heavy atom. The van der Waals surface area contributed by atoms with Crippen LogP contribution in [0, 0.1) is 0 Å². The third-order valence-electron chi connectivity index (χ3n) is 3.13. The fourth-order valence-electron chi connectivity index (χ4n) is 2.00. The third kappa shape index (κ3) is 4.91. The third-order valence-corrected chi connectivity index (χ3v) is 3.38. The van der Waals surface area contributed by atoms with Gasteiger partial charge in [-0.3, -0.25) is 10.0 Å². The molecule has 0 aliphatic carbocycles. The number of hydrogen-bond acceptors (Lipinski definition) is 3. The fraction of sp³-hybridized carbons (Fsp3) is 0.118. The van der Waals surface area contributed by atoms with Crippen molar-refractivity contribution in [2.24, 2.45) is 0 Å². The number of para-hydroxylation sites is 1. The SMILES string of the molecule is O=C(/C=C/c1ccccc1NCCc1ccc(Cl)cc1)NO. The van der Waals surface area contributed by atoms with E-state index in [1.54, 1.807) is 11.6 Å². The van der Waals surface area contributed by atoms with Crippen LogP contribution in [0.25, 0.3) is 6.08 Å². The lowest BCUT2D eigenvalue weighted by Gasteiger charge is -2.09. The van der Waals surface area contributed by atoms with E-state index in [0.29, 0.717) is 0 Å². The first kappa shape index (κ1) is 16.1. The zero-order valence-electron chi connectivity index (χ0n) is 11.9. The minimum absolute atomic E-state index is 0.559. The molecule has 0 atom stereocenters. The van der Waals surface area contributed by atoms with Crippen LogP contribution in [0.2, 0.25) is 5.02 Å². The molecule has 22 heavy (non-hydrogen) atoms. The van der Waals surface area contributed by atoms with Gasteiger partial charge in [0, 0.05) is 23.3 Å². The molecule has 1 amide bonds. The summed E-state index contributed by atoms with van der Waals surface area (Å²) >= 11 is 5.86. The van der Waals surface area contributed by atoms with Gasteiger partial charge in [0.15, 0.2) is 0 Å². The number of nitrogens with one attached hydrogen (secondary N) is 2. The van der Waals surface area contributed by atoms with Crippen LogP contribution in [0.4, 0.5) is 5.69 Å². The Morgan fingerprint density at radius 2 is 1.86 bits per heavy atom. The van der Waals surface area contributed by atoms with E-state index in [2.05, 4.69) is 5.32 Å². The summed E-state index contributed by atoms with van der Waals surface area (Å²) in [5.74, 6) is -0.559. The highest BCUT2D eigenvalue weighted by atomic mass is 35.5. The minimum atomic E-state index is -0.559. The zero-order chi connectivity index (χ0) is 15.8. The molecule has 0 aliphatic rings. The van der Waals surface area contributed by atoms with E-state index in [0.717, 1.165) is 29.2 Å². The van der Waals surface area contributed by atoms with Crippen molar-refractivity contribution < 1.29 is 10.0 Å². The molecule has 0 saturated carbocycles. The lowest BCUT2D eigenvalue weighted by atomic mass is 10.1. The van der Waals surface area contributed by atoms with E-state index in [9.17, 15) is 4.79 Å². The average molecular weight is 317 g/mol. The molecule has 4 nitrogen and oxygen atoms in total. The Bertz CT molecular complexity index is 654. The first-order valence-corrected chi connectivity index (χ1v) is 7.26. The normalized spacial score (nSPS) is 10.6. The Kier molecular flexibility index (Phi) is 6.01. The van der Waals surface area contributed by atoms with Crippen molar-refractivity contribution in [3.05, 3.63) is 70.8 Å². The maximum Gasteiger partial charge on any atom is 0.267 e. The standard InChI is InChI=1S/C17H17ClN2O2/c18-15-8-5-13(6-9-15)11-12-19-16-4-2-1-3-14(16)7-10-17(21)20-22/h1-10,19,22H,11-12H2,(H,20,21)/b10-7+. The molecule has 5 heteroatoms. The van der Waals surface area contributed by atoms with Crippen molar-refractivity contribution in [2.75, 3.05) is 11.9 Å². The van der Waals surface area contributed by atoms with Gasteiger partial charge in [-0.25, -0.2) is 5.48 Å². The van der Waals surface area contributed by atoms with E-state index in [1.165, 1.54) is 11.6 Å². The van der Waals surface area contributed by atoms with E-state index in [-0.39, 0.29) is 0 Å². The first-order chi connectivity index (χ1) is 10.7. The topological polar surface area (TPSA) is 61.4 Å². The lowest BCUT2D eigenvalue weighted by Crippen LogP contribution is -2.14. The van der Waals surface area contributed by atoms with Crippen LogP contribution in [-0.4, -0.2) is 17.7 Å². The van der Waals surface area contributed by atoms with Crippen molar-refractivity contribution in [2.45, 2.75) is 6.42 Å². The zero-order valence-corrected chi connectivity index (χ0v) is 12.7. The van der Waals surface area contributed by atoms with Crippen molar-refractivity contribution in [1.29, 1.82) is 0 Å². The molecule has 0 aromatic heterocycles. The van der Waals surface area contributed by atoms with Gasteiger partial charge in [0.05, 0.1) is 0 Å². The largest absolute Gasteiger partial charge is 0.384 e. The Hall–Kier alpha value is -2.30. The van der Waals surface area contributed by atoms with Crippen LogP contribution >= 0.6 is 11.6 Å². The van der Waals surface area contributed by atoms with Crippen molar-refractivity contribution in [3.8, 4) is 0 Å². The molecule has 114 valence electrons. The van der Waals surface area contributed by atoms with E-state index in [1.807, 2.05) is 48.5 Å². The van der Waals surface area contributed by atoms with Gasteiger partial charge in [0.25, 0.3) is 5.91 Å². The molecular formula is C17H17ClN2O2. The molecular weight excluding hydrogens is 300 g/mol. The maximum atomic E-state index is 11.0. The molecule has 0 bridgehead atoms. The average Bonchev–Trinajstić information content (AvgIpc) is 2.55. The monoisotopic (exact) mass is 316 g/mol. The summed E-state index contributed by atoms with van der Waals surface area (Å²) in [5, 5.41) is 12.6. The Balaban J connectivity index is 1.96. The molecule has 3 N–H and O–H groups in total. The molecule has 2 rings (SSSR count). The number of amides is 1. The predicted octanol–water partition coefficient (Wildman–Crippen LogP) is 3.51. The highest BCUT2D eigenvalue weighted by molar-refractivity contribution is 6.30. The summed E-state index contributed by atoms with van der Waals surface area (Å²) in [5.41, 5.74) is 4.57. The van der Waals surface area contributed by atoms with Gasteiger partial charge in [-0.1, -0.05) is 41.9 Å². The number of hydroxylamine groups is 1. The first-order valence-electron chi connectivity index (χ1n) is 6.88. The van der Waals surface area contributed by atoms with Crippen LogP contribution < -0.4 is 10.8 Å². The summed E-state index contributed by atoms with van der Waals surface area (Å²) in [6, 6.07) is 15.4. The van der Waals surface area contributed by atoms with Gasteiger partial charge in [-0.05, 0) is 41.8 Å². The van der Waals surface area contributed by atoms with E-state index < -0.39 is 5.91 Å². The van der Waals surface area contributed by atoms with Crippen molar-refractivity contribution in [3.63, 3.8) is 0 Å². The minimum Gasteiger partial charge on any atom is -0.384 e. The van der Waals surface area contributed by atoms with Gasteiger partial charge >= 0.3 is 0 Å². The quantitative estimate of drug-likeness (QED) is 0.434. The van der Waals surface area contributed by atoms with Crippen LogP contribution in [-0.2, 0) is 11.2 Å². The van der Waals surface area contributed by atoms with Crippen LogP contribution in [0.3, 0.4) is 0 Å². The molecule has 0 heterocycles. The molecule has 0 spiro atoms. The van der Waals surface area contributed by atoms with Gasteiger partial charge in [0.2, 0.25) is 0 Å². The summed E-state index contributed by atoms with van der Waals surface area (Å²) < 4.78 is 0. The number of carbonyl (C=O) groups excluding carboxylic acids is 1. The number of rotatable bonds is 6. The number of hydrogen-bond donors (Lipinski definition) is 3. The molecule has 0 fully saturated rings. The number of anilines is 1. The van der Waals surface area contributed by atoms with Crippen molar-refractivity contribution in [1.82, 2.24) is 5.48 Å². The molecule has 0 radical (unpaired) electrons. The molecule has 2 aromatic carbocycles. The smallest absolute Gasteiger partial charge is 0.267 e. The van der Waals surface area contributed by atoms with E-state index in [4.69, 9.17) is 16.8 Å². The van der Waals surface area contributed by atoms with Gasteiger partial charge in [-0.2, -0.15) is 0 Å². The highest BCUT2D eigenvalue weighted by Crippen LogP contribution is 2.17. The van der Waals surface area contributed by atoms with Crippen LogP contribution in [0.5, 0.6) is 0 Å². The summed E-state index contributed by atoms with van der Waals surface area (Å²) in [6.45, 7) is 0.763. The fourth-order valence-corrected chi connectivity index (χ4v) is 2.12. The summed E-state index contributed by atoms with van der Waals surface area (Å²) in [4.78, 5) is 11.0. The van der Waals surface area contributed by atoms with Crippen LogP contribution in [0.15, 0.2) is 54.6 Å². The van der Waals surface area contributed by atoms with Gasteiger partial charge in [-0.15, -0.1) is 0 Å². The second kappa shape index (κ2) is 8.22. The van der Waals surface area contributed by atoms with E-state index >= 15 is 0 Å². The second-order valence-electron chi connectivity index (χ2n) is 4.70. The number of halogens is 1. The number of carbonyl (C=O) groups is 1. The van der Waals surface area contributed by atoms with Gasteiger partial charge in [0.1, 0.15) is 0 Å². The highest BCUT2D eigenvalue weighted by Gasteiger charge is 2.00. The molecule has 0 aliphatic heterocycles. The predicted molar refractivity (Wildman–Crippen MR) is 89.1 cm³/mol. The maximum absolute atomic E-state index is 11.0. The second-order valence-corrected chi connectivity index (χ2v) is 5.14. The van der Waals surface area contributed by atoms with Gasteiger partial charge < -0.3 is 5.32 Å². The van der Waals surface area contributed by atoms with Crippen molar-refractivity contribution >= 4 is 29.3 Å². The molecule has 0 saturated heterocycles.